The van der Waals surface area contributed by atoms with E-state index in [4.69, 9.17) is 0 Å². The predicted octanol–water partition coefficient (Wildman–Crippen LogP) is 0.970. The number of para-hydroxylation sites is 1. The van der Waals surface area contributed by atoms with Crippen LogP contribution in [0.2, 0.25) is 0 Å². The zero-order valence-electron chi connectivity index (χ0n) is 15.9. The Hall–Kier alpha value is -3.16. The average molecular weight is 369 g/mol. The van der Waals surface area contributed by atoms with Gasteiger partial charge in [-0.15, -0.1) is 0 Å². The van der Waals surface area contributed by atoms with Crippen LogP contribution in [0.4, 0.5) is 5.69 Å². The molecule has 142 valence electrons. The molecule has 8 heteroatoms. The number of nitrogens with one attached hydrogen (secondary N) is 2. The highest BCUT2D eigenvalue weighted by atomic mass is 16.2. The zero-order valence-corrected chi connectivity index (χ0v) is 15.9. The molecule has 0 fully saturated rings. The number of amides is 3. The van der Waals surface area contributed by atoms with Gasteiger partial charge in [0.25, 0.3) is 5.91 Å². The van der Waals surface area contributed by atoms with Gasteiger partial charge in [0.15, 0.2) is 0 Å². The monoisotopic (exact) mass is 369 g/mol. The fraction of sp³-hybridized carbons (Fsp3) is 0.368. The van der Waals surface area contributed by atoms with Crippen molar-refractivity contribution in [1.29, 1.82) is 0 Å². The first kappa shape index (κ1) is 18.6. The van der Waals surface area contributed by atoms with Gasteiger partial charge in [0.2, 0.25) is 0 Å². The molecule has 8 nitrogen and oxygen atoms in total. The van der Waals surface area contributed by atoms with Gasteiger partial charge in [-0.05, 0) is 26.8 Å². The van der Waals surface area contributed by atoms with Gasteiger partial charge in [0.1, 0.15) is 6.04 Å². The number of hydrogen-bond donors (Lipinski definition) is 2. The maximum atomic E-state index is 12.4. The van der Waals surface area contributed by atoms with E-state index in [1.54, 1.807) is 25.2 Å². The fourth-order valence-electron chi connectivity index (χ4n) is 3.37. The molecular formula is C19H23N5O3. The Labute approximate surface area is 157 Å². The van der Waals surface area contributed by atoms with E-state index >= 15 is 0 Å². The summed E-state index contributed by atoms with van der Waals surface area (Å²) in [5.74, 6) is -1.89. The third-order valence-corrected chi connectivity index (χ3v) is 4.92. The van der Waals surface area contributed by atoms with E-state index in [0.29, 0.717) is 5.56 Å². The Morgan fingerprint density at radius 1 is 1.19 bits per heavy atom. The smallest absolute Gasteiger partial charge is 0.310 e. The van der Waals surface area contributed by atoms with Crippen LogP contribution in [-0.4, -0.2) is 34.5 Å². The van der Waals surface area contributed by atoms with Crippen LogP contribution in [-0.2, 0) is 27.5 Å². The lowest BCUT2D eigenvalue weighted by Gasteiger charge is -2.13. The fourth-order valence-corrected chi connectivity index (χ4v) is 3.37. The maximum absolute atomic E-state index is 12.4. The highest BCUT2D eigenvalue weighted by Gasteiger charge is 2.36. The second kappa shape index (κ2) is 7.22. The van der Waals surface area contributed by atoms with Crippen LogP contribution in [0.25, 0.3) is 0 Å². The van der Waals surface area contributed by atoms with Gasteiger partial charge in [0, 0.05) is 42.6 Å². The molecule has 27 heavy (non-hydrogen) atoms. The molecule has 0 unspecified atom stereocenters. The van der Waals surface area contributed by atoms with Crippen LogP contribution in [0.5, 0.6) is 0 Å². The summed E-state index contributed by atoms with van der Waals surface area (Å²) >= 11 is 0. The number of hydrogen-bond acceptors (Lipinski definition) is 4. The van der Waals surface area contributed by atoms with Gasteiger partial charge in [-0.2, -0.15) is 5.10 Å². The quantitative estimate of drug-likeness (QED) is 0.785. The molecule has 0 bridgehead atoms. The molecule has 2 heterocycles. The summed E-state index contributed by atoms with van der Waals surface area (Å²) in [6.45, 7) is 6.72. The Kier molecular flexibility index (Phi) is 4.98. The maximum Gasteiger partial charge on any atom is 0.310 e. The molecule has 3 rings (SSSR count). The normalized spacial score (nSPS) is 15.6. The van der Waals surface area contributed by atoms with Crippen molar-refractivity contribution in [3.63, 3.8) is 0 Å². The van der Waals surface area contributed by atoms with Gasteiger partial charge in [-0.3, -0.25) is 19.1 Å². The second-order valence-corrected chi connectivity index (χ2v) is 6.51. The molecule has 0 aliphatic carbocycles. The Bertz CT molecular complexity index is 918. The van der Waals surface area contributed by atoms with Crippen molar-refractivity contribution in [2.45, 2.75) is 39.9 Å². The second-order valence-electron chi connectivity index (χ2n) is 6.51. The summed E-state index contributed by atoms with van der Waals surface area (Å²) in [5.41, 5.74) is 4.07. The van der Waals surface area contributed by atoms with E-state index < -0.39 is 17.9 Å². The molecule has 2 N–H and O–H groups in total. The van der Waals surface area contributed by atoms with Crippen LogP contribution in [0.3, 0.4) is 0 Å². The first-order valence-electron chi connectivity index (χ1n) is 8.83. The topological polar surface area (TPSA) is 96.3 Å². The highest BCUT2D eigenvalue weighted by Crippen LogP contribution is 2.34. The molecule has 3 amide bonds. The molecule has 1 aromatic carbocycles. The standard InChI is InChI=1S/C19H23N5O3/c1-5-24-12(3)14(11(2)22-24)10-20-17(25)18(26)21-16-13-8-6-7-9-15(13)23(4)19(16)27/h6-9,16H,5,10H2,1-4H3,(H,20,25)(H,21,26)/t16-/m1/s1. The number of carbonyl (C=O) groups excluding carboxylic acids is 3. The summed E-state index contributed by atoms with van der Waals surface area (Å²) in [4.78, 5) is 38.4. The zero-order chi connectivity index (χ0) is 19.7. The predicted molar refractivity (Wildman–Crippen MR) is 100.0 cm³/mol. The minimum Gasteiger partial charge on any atom is -0.344 e. The van der Waals surface area contributed by atoms with Crippen molar-refractivity contribution in [2.75, 3.05) is 11.9 Å². The lowest BCUT2D eigenvalue weighted by Crippen LogP contribution is -2.44. The van der Waals surface area contributed by atoms with E-state index in [1.165, 1.54) is 4.90 Å². The van der Waals surface area contributed by atoms with E-state index in [9.17, 15) is 14.4 Å². The van der Waals surface area contributed by atoms with Crippen molar-refractivity contribution in [3.05, 3.63) is 46.8 Å². The number of nitrogens with zero attached hydrogens (tertiary/aromatic N) is 3. The van der Waals surface area contributed by atoms with E-state index in [-0.39, 0.29) is 12.5 Å². The number of benzene rings is 1. The number of aryl methyl sites for hydroxylation is 2. The van der Waals surface area contributed by atoms with Crippen molar-refractivity contribution < 1.29 is 14.4 Å². The van der Waals surface area contributed by atoms with Crippen molar-refractivity contribution >= 4 is 23.4 Å². The number of aromatic nitrogens is 2. The molecule has 2 aromatic rings. The summed E-state index contributed by atoms with van der Waals surface area (Å²) in [6.07, 6.45) is 0. The van der Waals surface area contributed by atoms with Crippen LogP contribution in [0, 0.1) is 13.8 Å². The molecule has 1 aliphatic heterocycles. The van der Waals surface area contributed by atoms with Crippen molar-refractivity contribution in [1.82, 2.24) is 20.4 Å². The molecule has 0 saturated heterocycles. The van der Waals surface area contributed by atoms with Crippen LogP contribution >= 0.6 is 0 Å². The van der Waals surface area contributed by atoms with Crippen molar-refractivity contribution in [2.24, 2.45) is 0 Å². The van der Waals surface area contributed by atoms with Crippen LogP contribution in [0.15, 0.2) is 24.3 Å². The molecule has 0 spiro atoms. The Balaban J connectivity index is 1.66. The summed E-state index contributed by atoms with van der Waals surface area (Å²) in [5, 5.41) is 9.54. The van der Waals surface area contributed by atoms with Crippen molar-refractivity contribution in [3.8, 4) is 0 Å². The third-order valence-electron chi connectivity index (χ3n) is 4.92. The molecular weight excluding hydrogens is 346 g/mol. The average Bonchev–Trinajstić information content (AvgIpc) is 3.08. The minimum absolute atomic E-state index is 0.207. The summed E-state index contributed by atoms with van der Waals surface area (Å²) < 4.78 is 1.85. The molecule has 0 radical (unpaired) electrons. The first-order chi connectivity index (χ1) is 12.8. The van der Waals surface area contributed by atoms with Gasteiger partial charge < -0.3 is 15.5 Å². The Morgan fingerprint density at radius 2 is 1.89 bits per heavy atom. The summed E-state index contributed by atoms with van der Waals surface area (Å²) in [6, 6.07) is 6.33. The number of rotatable bonds is 4. The van der Waals surface area contributed by atoms with Gasteiger partial charge in [0.05, 0.1) is 5.69 Å². The number of likely N-dealkylation sites (N-methyl/N-ethyl adjacent to an activating group) is 1. The summed E-state index contributed by atoms with van der Waals surface area (Å²) in [7, 11) is 1.64. The van der Waals surface area contributed by atoms with Crippen LogP contribution < -0.4 is 15.5 Å². The number of anilines is 1. The molecule has 1 aliphatic rings. The molecule has 1 atom stereocenters. The lowest BCUT2D eigenvalue weighted by atomic mass is 10.1. The number of fused-ring (bicyclic) bond motifs is 1. The van der Waals surface area contributed by atoms with E-state index in [0.717, 1.165) is 29.2 Å². The van der Waals surface area contributed by atoms with Gasteiger partial charge in [-0.25, -0.2) is 0 Å². The van der Waals surface area contributed by atoms with Gasteiger partial charge in [-0.1, -0.05) is 18.2 Å². The lowest BCUT2D eigenvalue weighted by molar-refractivity contribution is -0.140. The van der Waals surface area contributed by atoms with Gasteiger partial charge >= 0.3 is 11.8 Å². The minimum atomic E-state index is -0.851. The Morgan fingerprint density at radius 3 is 2.56 bits per heavy atom. The molecule has 0 saturated carbocycles. The third kappa shape index (κ3) is 3.30. The van der Waals surface area contributed by atoms with Crippen LogP contribution in [0.1, 0.15) is 35.5 Å². The SMILES string of the molecule is CCn1nc(C)c(CNC(=O)C(=O)N[C@H]2C(=O)N(C)c3ccccc32)c1C. The van der Waals surface area contributed by atoms with E-state index in [1.807, 2.05) is 31.5 Å². The molecule has 1 aromatic heterocycles. The first-order valence-corrected chi connectivity index (χ1v) is 8.83. The highest BCUT2D eigenvalue weighted by molar-refractivity contribution is 6.35. The largest absolute Gasteiger partial charge is 0.344 e. The number of carbonyl (C=O) groups is 3. The van der Waals surface area contributed by atoms with E-state index in [2.05, 4.69) is 15.7 Å².